The number of anilines is 1. The number of nitrogens with zero attached hydrogens (tertiary/aromatic N) is 2. The first kappa shape index (κ1) is 17.1. The van der Waals surface area contributed by atoms with Crippen LogP contribution in [-0.2, 0) is 16.4 Å². The van der Waals surface area contributed by atoms with Gasteiger partial charge in [0, 0.05) is 36.4 Å². The van der Waals surface area contributed by atoms with Crippen LogP contribution in [0.25, 0.3) is 0 Å². The van der Waals surface area contributed by atoms with Gasteiger partial charge in [-0.15, -0.1) is 0 Å². The molecule has 24 heavy (non-hydrogen) atoms. The van der Waals surface area contributed by atoms with Crippen molar-refractivity contribution in [1.82, 2.24) is 4.31 Å². The number of para-hydroxylation sites is 1. The molecule has 126 valence electrons. The van der Waals surface area contributed by atoms with Crippen LogP contribution in [0.5, 0.6) is 0 Å². The maximum absolute atomic E-state index is 12.9. The lowest BCUT2D eigenvalue weighted by Crippen LogP contribution is -2.29. The van der Waals surface area contributed by atoms with Crippen molar-refractivity contribution in [2.45, 2.75) is 11.3 Å². The molecule has 5 nitrogen and oxygen atoms in total. The van der Waals surface area contributed by atoms with Gasteiger partial charge in [-0.3, -0.25) is 4.79 Å². The molecule has 0 fully saturated rings. The first-order valence-electron chi connectivity index (χ1n) is 7.44. The van der Waals surface area contributed by atoms with Gasteiger partial charge in [0.25, 0.3) is 5.91 Å². The fourth-order valence-electron chi connectivity index (χ4n) is 2.74. The lowest BCUT2D eigenvalue weighted by Gasteiger charge is -2.19. The molecule has 2 aromatic rings. The van der Waals surface area contributed by atoms with E-state index in [4.69, 9.17) is 0 Å². The van der Waals surface area contributed by atoms with Crippen LogP contribution < -0.4 is 4.90 Å². The summed E-state index contributed by atoms with van der Waals surface area (Å²) in [7, 11) is -0.701. The van der Waals surface area contributed by atoms with Gasteiger partial charge >= 0.3 is 0 Å². The number of carbonyl (C=O) groups excluding carboxylic acids is 1. The minimum atomic E-state index is -3.63. The highest BCUT2D eigenvalue weighted by molar-refractivity contribution is 9.10. The molecule has 0 atom stereocenters. The Morgan fingerprint density at radius 3 is 2.58 bits per heavy atom. The summed E-state index contributed by atoms with van der Waals surface area (Å²) in [5.41, 5.74) is 2.38. The van der Waals surface area contributed by atoms with Crippen molar-refractivity contribution in [3.63, 3.8) is 0 Å². The summed E-state index contributed by atoms with van der Waals surface area (Å²) in [6.07, 6.45) is 0.807. The lowest BCUT2D eigenvalue weighted by molar-refractivity contribution is 0.0989. The number of amides is 1. The van der Waals surface area contributed by atoms with Gasteiger partial charge in [-0.2, -0.15) is 0 Å². The number of benzene rings is 2. The van der Waals surface area contributed by atoms with Gasteiger partial charge in [0.15, 0.2) is 0 Å². The van der Waals surface area contributed by atoms with Crippen molar-refractivity contribution >= 4 is 37.5 Å². The second-order valence-electron chi connectivity index (χ2n) is 5.77. The van der Waals surface area contributed by atoms with E-state index in [0.29, 0.717) is 16.6 Å². The summed E-state index contributed by atoms with van der Waals surface area (Å²) >= 11 is 3.26. The highest BCUT2D eigenvalue weighted by atomic mass is 79.9. The van der Waals surface area contributed by atoms with Crippen molar-refractivity contribution in [2.75, 3.05) is 25.5 Å². The van der Waals surface area contributed by atoms with Crippen LogP contribution in [0.15, 0.2) is 51.8 Å². The third-order valence-corrected chi connectivity index (χ3v) is 6.88. The Kier molecular flexibility index (Phi) is 4.50. The van der Waals surface area contributed by atoms with Gasteiger partial charge in [0.05, 0.1) is 4.90 Å². The fraction of sp³-hybridized carbons (Fsp3) is 0.235. The van der Waals surface area contributed by atoms with Gasteiger partial charge in [-0.05, 0) is 52.2 Å². The lowest BCUT2D eigenvalue weighted by atomic mass is 10.1. The van der Waals surface area contributed by atoms with E-state index in [1.54, 1.807) is 17.0 Å². The summed E-state index contributed by atoms with van der Waals surface area (Å²) in [6.45, 7) is 0.601. The summed E-state index contributed by atoms with van der Waals surface area (Å²) in [4.78, 5) is 14.7. The second kappa shape index (κ2) is 6.31. The van der Waals surface area contributed by atoms with E-state index >= 15 is 0 Å². The molecule has 0 radical (unpaired) electrons. The van der Waals surface area contributed by atoms with Crippen LogP contribution in [0.2, 0.25) is 0 Å². The molecule has 1 heterocycles. The Balaban J connectivity index is 2.01. The van der Waals surface area contributed by atoms with Crippen LogP contribution in [0.3, 0.4) is 0 Å². The summed E-state index contributed by atoms with van der Waals surface area (Å²) < 4.78 is 26.4. The van der Waals surface area contributed by atoms with E-state index < -0.39 is 10.0 Å². The number of hydrogen-bond donors (Lipinski definition) is 0. The molecule has 0 aliphatic carbocycles. The molecule has 0 unspecified atom stereocenters. The van der Waals surface area contributed by atoms with E-state index in [9.17, 15) is 13.2 Å². The van der Waals surface area contributed by atoms with Crippen LogP contribution in [0.4, 0.5) is 5.69 Å². The zero-order valence-electron chi connectivity index (χ0n) is 13.4. The highest BCUT2D eigenvalue weighted by Crippen LogP contribution is 2.31. The molecule has 1 amide bonds. The summed E-state index contributed by atoms with van der Waals surface area (Å²) in [6, 6.07) is 12.4. The Bertz CT molecular complexity index is 910. The molecular formula is C17H17BrN2O3S. The Morgan fingerprint density at radius 1 is 1.17 bits per heavy atom. The fourth-order valence-corrected chi connectivity index (χ4v) is 4.58. The van der Waals surface area contributed by atoms with Gasteiger partial charge in [-0.25, -0.2) is 12.7 Å². The van der Waals surface area contributed by atoms with Crippen molar-refractivity contribution in [3.8, 4) is 0 Å². The predicted octanol–water partition coefficient (Wildman–Crippen LogP) is 2.90. The van der Waals surface area contributed by atoms with Crippen LogP contribution in [0.1, 0.15) is 15.9 Å². The van der Waals surface area contributed by atoms with Gasteiger partial charge < -0.3 is 4.90 Å². The van der Waals surface area contributed by atoms with Gasteiger partial charge in [-0.1, -0.05) is 18.2 Å². The van der Waals surface area contributed by atoms with Gasteiger partial charge in [0.1, 0.15) is 0 Å². The van der Waals surface area contributed by atoms with Crippen LogP contribution >= 0.6 is 15.9 Å². The second-order valence-corrected chi connectivity index (χ2v) is 8.74. The van der Waals surface area contributed by atoms with Crippen LogP contribution in [-0.4, -0.2) is 39.3 Å². The molecule has 7 heteroatoms. The first-order chi connectivity index (χ1) is 11.3. The Morgan fingerprint density at radius 2 is 1.88 bits per heavy atom. The number of fused-ring (bicyclic) bond motifs is 1. The molecule has 2 aromatic carbocycles. The zero-order valence-corrected chi connectivity index (χ0v) is 15.8. The monoisotopic (exact) mass is 408 g/mol. The number of hydrogen-bond acceptors (Lipinski definition) is 3. The van der Waals surface area contributed by atoms with Crippen LogP contribution in [0, 0.1) is 0 Å². The molecule has 1 aliphatic heterocycles. The average molecular weight is 409 g/mol. The maximum Gasteiger partial charge on any atom is 0.258 e. The zero-order chi connectivity index (χ0) is 17.5. The minimum absolute atomic E-state index is 0.0887. The molecule has 0 saturated carbocycles. The largest absolute Gasteiger partial charge is 0.308 e. The van der Waals surface area contributed by atoms with E-state index in [2.05, 4.69) is 15.9 Å². The van der Waals surface area contributed by atoms with E-state index in [0.717, 1.165) is 22.0 Å². The smallest absolute Gasteiger partial charge is 0.258 e. The normalized spacial score (nSPS) is 14.1. The van der Waals surface area contributed by atoms with Crippen molar-refractivity contribution in [2.24, 2.45) is 0 Å². The molecule has 1 aliphatic rings. The third-order valence-electron chi connectivity index (χ3n) is 4.07. The van der Waals surface area contributed by atoms with Crippen molar-refractivity contribution < 1.29 is 13.2 Å². The number of carbonyl (C=O) groups is 1. The molecule has 0 N–H and O–H groups in total. The molecule has 3 rings (SSSR count). The van der Waals surface area contributed by atoms with E-state index in [1.165, 1.54) is 20.2 Å². The Labute approximate surface area is 150 Å². The topological polar surface area (TPSA) is 57.7 Å². The molecular weight excluding hydrogens is 392 g/mol. The molecule has 0 bridgehead atoms. The van der Waals surface area contributed by atoms with E-state index in [-0.39, 0.29) is 10.8 Å². The quantitative estimate of drug-likeness (QED) is 0.784. The standard InChI is InChI=1S/C17H17BrN2O3S/c1-19(2)24(22,23)16-11-13(7-8-14(16)18)17(21)20-10-9-12-5-3-4-6-15(12)20/h3-8,11H,9-10H2,1-2H3. The number of halogens is 1. The first-order valence-corrected chi connectivity index (χ1v) is 9.67. The number of rotatable bonds is 3. The summed E-state index contributed by atoms with van der Waals surface area (Å²) in [5.74, 6) is -0.192. The number of sulfonamides is 1. The van der Waals surface area contributed by atoms with E-state index in [1.807, 2.05) is 24.3 Å². The SMILES string of the molecule is CN(C)S(=O)(=O)c1cc(C(=O)N2CCc3ccccc32)ccc1Br. The minimum Gasteiger partial charge on any atom is -0.308 e. The molecule has 0 spiro atoms. The molecule has 0 aromatic heterocycles. The van der Waals surface area contributed by atoms with Crippen molar-refractivity contribution in [3.05, 3.63) is 58.1 Å². The third kappa shape index (κ3) is 2.87. The predicted molar refractivity (Wildman–Crippen MR) is 96.8 cm³/mol. The molecule has 0 saturated heterocycles. The highest BCUT2D eigenvalue weighted by Gasteiger charge is 2.27. The average Bonchev–Trinajstić information content (AvgIpc) is 2.98. The maximum atomic E-state index is 12.9. The summed E-state index contributed by atoms with van der Waals surface area (Å²) in [5, 5.41) is 0. The van der Waals surface area contributed by atoms with Gasteiger partial charge in [0.2, 0.25) is 10.0 Å². The van der Waals surface area contributed by atoms with Crippen molar-refractivity contribution in [1.29, 1.82) is 0 Å². The Hall–Kier alpha value is -1.70.